The van der Waals surface area contributed by atoms with E-state index >= 15 is 0 Å². The van der Waals surface area contributed by atoms with Crippen LogP contribution in [0.25, 0.3) is 11.0 Å². The molecule has 80 valence electrons. The summed E-state index contributed by atoms with van der Waals surface area (Å²) in [6.07, 6.45) is 4.64. The first-order valence-electron chi connectivity index (χ1n) is 5.21. The molecular formula is C11H16N4. The number of hydrogen-bond donors (Lipinski definition) is 1. The number of hydrogen-bond acceptors (Lipinski definition) is 3. The molecule has 15 heavy (non-hydrogen) atoms. The van der Waals surface area contributed by atoms with E-state index in [0.717, 1.165) is 23.3 Å². The summed E-state index contributed by atoms with van der Waals surface area (Å²) in [6, 6.07) is 2.30. The van der Waals surface area contributed by atoms with Gasteiger partial charge in [-0.2, -0.15) is 0 Å². The highest BCUT2D eigenvalue weighted by Crippen LogP contribution is 2.20. The van der Waals surface area contributed by atoms with Gasteiger partial charge < -0.3 is 9.88 Å². The average molecular weight is 204 g/mol. The van der Waals surface area contributed by atoms with Gasteiger partial charge in [0.2, 0.25) is 0 Å². The standard InChI is InChI=1S/C11H16N4/c1-4-8(12-2)11-14-9-7-13-6-5-10(9)15(11)3/h5-8,12H,4H2,1-3H3. The minimum absolute atomic E-state index is 0.308. The van der Waals surface area contributed by atoms with Gasteiger partial charge in [-0.1, -0.05) is 6.92 Å². The van der Waals surface area contributed by atoms with Gasteiger partial charge in [0.05, 0.1) is 17.8 Å². The number of nitrogens with one attached hydrogen (secondary N) is 1. The van der Waals surface area contributed by atoms with Gasteiger partial charge in [0.15, 0.2) is 0 Å². The zero-order valence-electron chi connectivity index (χ0n) is 9.36. The molecule has 0 saturated carbocycles. The first-order chi connectivity index (χ1) is 7.27. The third-order valence-corrected chi connectivity index (χ3v) is 2.79. The van der Waals surface area contributed by atoms with E-state index in [1.54, 1.807) is 12.4 Å². The van der Waals surface area contributed by atoms with Gasteiger partial charge in [0.25, 0.3) is 0 Å². The zero-order valence-corrected chi connectivity index (χ0v) is 9.36. The number of nitrogens with zero attached hydrogens (tertiary/aromatic N) is 3. The number of pyridine rings is 1. The lowest BCUT2D eigenvalue weighted by atomic mass is 10.2. The predicted molar refractivity (Wildman–Crippen MR) is 60.6 cm³/mol. The topological polar surface area (TPSA) is 42.7 Å². The van der Waals surface area contributed by atoms with Gasteiger partial charge in [-0.15, -0.1) is 0 Å². The van der Waals surface area contributed by atoms with Crippen molar-refractivity contribution in [3.05, 3.63) is 24.3 Å². The Bertz CT molecular complexity index is 457. The Morgan fingerprint density at radius 2 is 2.33 bits per heavy atom. The fourth-order valence-corrected chi connectivity index (χ4v) is 1.90. The third-order valence-electron chi connectivity index (χ3n) is 2.79. The van der Waals surface area contributed by atoms with E-state index in [-0.39, 0.29) is 0 Å². The van der Waals surface area contributed by atoms with Crippen LogP contribution in [-0.2, 0) is 7.05 Å². The second-order valence-electron chi connectivity index (χ2n) is 3.64. The lowest BCUT2D eigenvalue weighted by Gasteiger charge is -2.13. The summed E-state index contributed by atoms with van der Waals surface area (Å²) in [6.45, 7) is 2.15. The quantitative estimate of drug-likeness (QED) is 0.826. The fraction of sp³-hybridized carbons (Fsp3) is 0.455. The smallest absolute Gasteiger partial charge is 0.126 e. The summed E-state index contributed by atoms with van der Waals surface area (Å²) in [5, 5.41) is 3.27. The van der Waals surface area contributed by atoms with Crippen LogP contribution in [0.3, 0.4) is 0 Å². The van der Waals surface area contributed by atoms with Gasteiger partial charge in [-0.05, 0) is 19.5 Å². The van der Waals surface area contributed by atoms with Crippen molar-refractivity contribution in [2.75, 3.05) is 7.05 Å². The highest BCUT2D eigenvalue weighted by Gasteiger charge is 2.14. The number of imidazole rings is 1. The molecule has 1 atom stereocenters. The van der Waals surface area contributed by atoms with Crippen LogP contribution >= 0.6 is 0 Å². The lowest BCUT2D eigenvalue weighted by molar-refractivity contribution is 0.529. The molecule has 0 bridgehead atoms. The molecule has 0 radical (unpaired) electrons. The molecule has 0 spiro atoms. The van der Waals surface area contributed by atoms with Gasteiger partial charge in [-0.25, -0.2) is 4.98 Å². The molecule has 2 rings (SSSR count). The van der Waals surface area contributed by atoms with Crippen LogP contribution in [0.5, 0.6) is 0 Å². The van der Waals surface area contributed by atoms with Gasteiger partial charge in [0.1, 0.15) is 11.3 Å². The first-order valence-corrected chi connectivity index (χ1v) is 5.21. The van der Waals surface area contributed by atoms with E-state index in [0.29, 0.717) is 6.04 Å². The summed E-state index contributed by atoms with van der Waals surface area (Å²) in [5.41, 5.74) is 2.09. The maximum absolute atomic E-state index is 4.59. The molecule has 4 heteroatoms. The Kier molecular flexibility index (Phi) is 2.68. The Morgan fingerprint density at radius 3 is 2.93 bits per heavy atom. The monoisotopic (exact) mass is 204 g/mol. The van der Waals surface area contributed by atoms with Crippen LogP contribution in [0.1, 0.15) is 25.2 Å². The molecule has 2 aromatic rings. The van der Waals surface area contributed by atoms with Crippen molar-refractivity contribution >= 4 is 11.0 Å². The molecule has 1 N–H and O–H groups in total. The molecule has 2 aromatic heterocycles. The Balaban J connectivity index is 2.57. The van der Waals surface area contributed by atoms with Crippen molar-refractivity contribution in [2.45, 2.75) is 19.4 Å². The third kappa shape index (κ3) is 1.61. The lowest BCUT2D eigenvalue weighted by Crippen LogP contribution is -2.19. The molecule has 0 amide bonds. The molecule has 0 aromatic carbocycles. The summed E-state index contributed by atoms with van der Waals surface area (Å²) < 4.78 is 2.13. The minimum atomic E-state index is 0.308. The minimum Gasteiger partial charge on any atom is -0.330 e. The maximum atomic E-state index is 4.59. The highest BCUT2D eigenvalue weighted by atomic mass is 15.1. The number of aromatic nitrogens is 3. The number of aryl methyl sites for hydroxylation is 1. The Morgan fingerprint density at radius 1 is 1.53 bits per heavy atom. The normalized spacial score (nSPS) is 13.3. The van der Waals surface area contributed by atoms with Crippen LogP contribution in [-0.4, -0.2) is 21.6 Å². The second-order valence-corrected chi connectivity index (χ2v) is 3.64. The molecule has 2 heterocycles. The molecule has 0 aliphatic rings. The van der Waals surface area contributed by atoms with Crippen molar-refractivity contribution < 1.29 is 0 Å². The summed E-state index contributed by atoms with van der Waals surface area (Å²) in [7, 11) is 4.01. The van der Waals surface area contributed by atoms with Crippen LogP contribution in [0.2, 0.25) is 0 Å². The van der Waals surface area contributed by atoms with E-state index in [1.165, 1.54) is 0 Å². The van der Waals surface area contributed by atoms with Crippen molar-refractivity contribution in [1.82, 2.24) is 19.9 Å². The summed E-state index contributed by atoms with van der Waals surface area (Å²) >= 11 is 0. The largest absolute Gasteiger partial charge is 0.330 e. The second kappa shape index (κ2) is 3.98. The molecule has 0 fully saturated rings. The van der Waals surface area contributed by atoms with Crippen LogP contribution < -0.4 is 5.32 Å². The predicted octanol–water partition coefficient (Wildman–Crippen LogP) is 1.64. The molecule has 0 saturated heterocycles. The average Bonchev–Trinajstić information content (AvgIpc) is 2.60. The molecule has 0 aliphatic heterocycles. The number of fused-ring (bicyclic) bond motifs is 1. The SMILES string of the molecule is CCC(NC)c1nc2cnccc2n1C. The van der Waals surface area contributed by atoms with Crippen LogP contribution in [0, 0.1) is 0 Å². The van der Waals surface area contributed by atoms with Gasteiger partial charge >= 0.3 is 0 Å². The van der Waals surface area contributed by atoms with Gasteiger partial charge in [0, 0.05) is 13.2 Å². The van der Waals surface area contributed by atoms with E-state index in [9.17, 15) is 0 Å². The molecule has 1 unspecified atom stereocenters. The summed E-state index contributed by atoms with van der Waals surface area (Å²) in [4.78, 5) is 8.67. The fourth-order valence-electron chi connectivity index (χ4n) is 1.90. The van der Waals surface area contributed by atoms with Crippen molar-refractivity contribution in [1.29, 1.82) is 0 Å². The maximum Gasteiger partial charge on any atom is 0.126 e. The van der Waals surface area contributed by atoms with E-state index in [4.69, 9.17) is 0 Å². The molecule has 4 nitrogen and oxygen atoms in total. The van der Waals surface area contributed by atoms with Gasteiger partial charge in [-0.3, -0.25) is 4.98 Å². The molecular weight excluding hydrogens is 188 g/mol. The van der Waals surface area contributed by atoms with Crippen LogP contribution in [0.15, 0.2) is 18.5 Å². The number of rotatable bonds is 3. The van der Waals surface area contributed by atoms with E-state index in [1.807, 2.05) is 20.2 Å². The molecule has 0 aliphatic carbocycles. The highest BCUT2D eigenvalue weighted by molar-refractivity contribution is 5.74. The van der Waals surface area contributed by atoms with Crippen LogP contribution in [0.4, 0.5) is 0 Å². The zero-order chi connectivity index (χ0) is 10.8. The van der Waals surface area contributed by atoms with E-state index < -0.39 is 0 Å². The van der Waals surface area contributed by atoms with Crippen molar-refractivity contribution in [3.63, 3.8) is 0 Å². The van der Waals surface area contributed by atoms with Crippen molar-refractivity contribution in [2.24, 2.45) is 7.05 Å². The summed E-state index contributed by atoms with van der Waals surface area (Å²) in [5.74, 6) is 1.07. The Hall–Kier alpha value is -1.42. The first kappa shape index (κ1) is 10.1. The van der Waals surface area contributed by atoms with Crippen molar-refractivity contribution in [3.8, 4) is 0 Å². The van der Waals surface area contributed by atoms with E-state index in [2.05, 4.69) is 26.8 Å². The Labute approximate surface area is 89.3 Å².